The zero-order valence-electron chi connectivity index (χ0n) is 19.4. The normalized spacial score (nSPS) is 13.3. The Kier molecular flexibility index (Phi) is 8.15. The molecule has 178 valence electrons. The average Bonchev–Trinajstić information content (AvgIpc) is 3.02. The molecule has 3 N–H and O–H groups in total. The Morgan fingerprint density at radius 1 is 0.824 bits per heavy atom. The minimum Gasteiger partial charge on any atom is -0.382 e. The van der Waals surface area contributed by atoms with E-state index in [1.807, 2.05) is 6.92 Å². The summed E-state index contributed by atoms with van der Waals surface area (Å²) in [4.78, 5) is 50.3. The van der Waals surface area contributed by atoms with Crippen molar-refractivity contribution in [1.29, 1.82) is 0 Å². The number of benzene rings is 2. The molecule has 9 nitrogen and oxygen atoms in total. The fourth-order valence-electron chi connectivity index (χ4n) is 3.54. The molecule has 1 aliphatic heterocycles. The van der Waals surface area contributed by atoms with Crippen molar-refractivity contribution < 1.29 is 23.9 Å². The molecule has 1 aliphatic rings. The quantitative estimate of drug-likeness (QED) is 0.367. The number of carbonyl (C=O) groups is 4. The Hall–Kier alpha value is -3.98. The van der Waals surface area contributed by atoms with Crippen molar-refractivity contribution >= 4 is 46.3 Å². The summed E-state index contributed by atoms with van der Waals surface area (Å²) in [5, 5.41) is 8.45. The number of ether oxygens (including phenoxy) is 1. The third-order valence-corrected chi connectivity index (χ3v) is 5.01. The van der Waals surface area contributed by atoms with Crippen molar-refractivity contribution in [2.24, 2.45) is 0 Å². The van der Waals surface area contributed by atoms with Crippen molar-refractivity contribution in [3.63, 3.8) is 0 Å². The summed E-state index contributed by atoms with van der Waals surface area (Å²) in [6.07, 6.45) is 0.527. The summed E-state index contributed by atoms with van der Waals surface area (Å²) in [6.45, 7) is 5.96. The molecular formula is C25H28N4O5. The number of anilines is 3. The first-order chi connectivity index (χ1) is 16.3. The lowest BCUT2D eigenvalue weighted by Crippen LogP contribution is -2.34. The van der Waals surface area contributed by atoms with E-state index in [9.17, 15) is 19.2 Å². The fraction of sp³-hybridized carbons (Fsp3) is 0.280. The third kappa shape index (κ3) is 6.08. The molecule has 0 atom stereocenters. The van der Waals surface area contributed by atoms with Crippen LogP contribution in [-0.4, -0.2) is 48.3 Å². The number of imide groups is 1. The zero-order chi connectivity index (χ0) is 24.7. The van der Waals surface area contributed by atoms with Gasteiger partial charge in [-0.3, -0.25) is 24.1 Å². The van der Waals surface area contributed by atoms with Gasteiger partial charge >= 0.3 is 0 Å². The highest BCUT2D eigenvalue weighted by Gasteiger charge is 2.38. The maximum absolute atomic E-state index is 13.3. The Morgan fingerprint density at radius 3 is 1.88 bits per heavy atom. The van der Waals surface area contributed by atoms with Gasteiger partial charge in [0.2, 0.25) is 11.8 Å². The zero-order valence-corrected chi connectivity index (χ0v) is 19.4. The van der Waals surface area contributed by atoms with Crippen LogP contribution in [-0.2, 0) is 23.9 Å². The SMILES string of the molecule is CCOCCCN1C(=O)C(Nc2ccc(NC(C)=O)cc2)=C(c2ccc(NC(C)=O)cc2)C1=O. The van der Waals surface area contributed by atoms with E-state index in [1.165, 1.54) is 18.7 Å². The Bertz CT molecular complexity index is 1110. The minimum absolute atomic E-state index is 0.168. The van der Waals surface area contributed by atoms with Crippen LogP contribution in [0.3, 0.4) is 0 Å². The van der Waals surface area contributed by atoms with Gasteiger partial charge in [-0.1, -0.05) is 12.1 Å². The van der Waals surface area contributed by atoms with E-state index in [2.05, 4.69) is 16.0 Å². The topological polar surface area (TPSA) is 117 Å². The van der Waals surface area contributed by atoms with Crippen LogP contribution in [0.5, 0.6) is 0 Å². The van der Waals surface area contributed by atoms with Crippen LogP contribution in [0.25, 0.3) is 5.57 Å². The maximum Gasteiger partial charge on any atom is 0.278 e. The van der Waals surface area contributed by atoms with Crippen LogP contribution < -0.4 is 16.0 Å². The van der Waals surface area contributed by atoms with E-state index in [-0.39, 0.29) is 29.6 Å². The molecule has 0 aliphatic carbocycles. The maximum atomic E-state index is 13.3. The first kappa shape index (κ1) is 24.7. The van der Waals surface area contributed by atoms with Crippen molar-refractivity contribution in [3.8, 4) is 0 Å². The molecule has 1 heterocycles. The molecular weight excluding hydrogens is 436 g/mol. The van der Waals surface area contributed by atoms with Crippen LogP contribution in [0.2, 0.25) is 0 Å². The second-order valence-corrected chi connectivity index (χ2v) is 7.70. The molecule has 0 spiro atoms. The molecule has 34 heavy (non-hydrogen) atoms. The summed E-state index contributed by atoms with van der Waals surface area (Å²) in [7, 11) is 0. The van der Waals surface area contributed by atoms with Gasteiger partial charge in [0.1, 0.15) is 5.70 Å². The van der Waals surface area contributed by atoms with Gasteiger partial charge in [-0.2, -0.15) is 0 Å². The molecule has 0 radical (unpaired) electrons. The Morgan fingerprint density at radius 2 is 1.35 bits per heavy atom. The summed E-state index contributed by atoms with van der Waals surface area (Å²) in [6, 6.07) is 13.6. The first-order valence-corrected chi connectivity index (χ1v) is 11.0. The van der Waals surface area contributed by atoms with Crippen molar-refractivity contribution in [2.45, 2.75) is 27.2 Å². The van der Waals surface area contributed by atoms with Crippen LogP contribution >= 0.6 is 0 Å². The van der Waals surface area contributed by atoms with Crippen molar-refractivity contribution in [3.05, 3.63) is 59.8 Å². The summed E-state index contributed by atoms with van der Waals surface area (Å²) < 4.78 is 5.34. The predicted molar refractivity (Wildman–Crippen MR) is 130 cm³/mol. The van der Waals surface area contributed by atoms with Gasteiger partial charge in [-0.25, -0.2) is 0 Å². The summed E-state index contributed by atoms with van der Waals surface area (Å²) >= 11 is 0. The van der Waals surface area contributed by atoms with E-state index in [0.717, 1.165) is 0 Å². The van der Waals surface area contributed by atoms with Gasteiger partial charge in [0, 0.05) is 50.7 Å². The van der Waals surface area contributed by atoms with Gasteiger partial charge in [0.15, 0.2) is 0 Å². The lowest BCUT2D eigenvalue weighted by Gasteiger charge is -2.15. The largest absolute Gasteiger partial charge is 0.382 e. The molecule has 2 aromatic carbocycles. The van der Waals surface area contributed by atoms with E-state index in [0.29, 0.717) is 42.3 Å². The van der Waals surface area contributed by atoms with Gasteiger partial charge in [0.05, 0.1) is 5.57 Å². The van der Waals surface area contributed by atoms with Crippen LogP contribution in [0.15, 0.2) is 54.2 Å². The van der Waals surface area contributed by atoms with Crippen LogP contribution in [0.1, 0.15) is 32.8 Å². The molecule has 9 heteroatoms. The van der Waals surface area contributed by atoms with Gasteiger partial charge in [-0.15, -0.1) is 0 Å². The molecule has 0 fully saturated rings. The standard InChI is InChI=1S/C25H28N4O5/c1-4-34-15-5-14-29-24(32)22(18-6-8-19(9-7-18)26-16(2)30)23(25(29)33)28-21-12-10-20(11-13-21)27-17(3)31/h6-13,28H,4-5,14-15H2,1-3H3,(H,26,30)(H,27,31). The third-order valence-electron chi connectivity index (χ3n) is 5.01. The smallest absolute Gasteiger partial charge is 0.278 e. The average molecular weight is 465 g/mol. The molecule has 3 rings (SSSR count). The lowest BCUT2D eigenvalue weighted by molar-refractivity contribution is -0.137. The number of amides is 4. The van der Waals surface area contributed by atoms with Crippen LogP contribution in [0, 0.1) is 0 Å². The second kappa shape index (κ2) is 11.2. The Balaban J connectivity index is 1.90. The van der Waals surface area contributed by atoms with Gasteiger partial charge in [0.25, 0.3) is 11.8 Å². The molecule has 0 saturated heterocycles. The number of rotatable bonds is 10. The lowest BCUT2D eigenvalue weighted by atomic mass is 10.0. The molecule has 2 aromatic rings. The molecule has 4 amide bonds. The van der Waals surface area contributed by atoms with Gasteiger partial charge in [-0.05, 0) is 55.3 Å². The molecule has 0 unspecified atom stereocenters. The predicted octanol–water partition coefficient (Wildman–Crippen LogP) is 3.22. The second-order valence-electron chi connectivity index (χ2n) is 7.70. The molecule has 0 saturated carbocycles. The number of hydrogen-bond donors (Lipinski definition) is 3. The Labute approximate surface area is 198 Å². The minimum atomic E-state index is -0.423. The first-order valence-electron chi connectivity index (χ1n) is 11.0. The van der Waals surface area contributed by atoms with E-state index in [1.54, 1.807) is 48.5 Å². The highest BCUT2D eigenvalue weighted by atomic mass is 16.5. The molecule has 0 aromatic heterocycles. The van der Waals surface area contributed by atoms with Gasteiger partial charge < -0.3 is 20.7 Å². The number of carbonyl (C=O) groups excluding carboxylic acids is 4. The van der Waals surface area contributed by atoms with Crippen molar-refractivity contribution in [2.75, 3.05) is 35.7 Å². The van der Waals surface area contributed by atoms with Crippen molar-refractivity contribution in [1.82, 2.24) is 4.90 Å². The monoisotopic (exact) mass is 464 g/mol. The highest BCUT2D eigenvalue weighted by Crippen LogP contribution is 2.31. The fourth-order valence-corrected chi connectivity index (χ4v) is 3.54. The van der Waals surface area contributed by atoms with Crippen LogP contribution in [0.4, 0.5) is 17.1 Å². The summed E-state index contributed by atoms with van der Waals surface area (Å²) in [5.74, 6) is -1.21. The van der Waals surface area contributed by atoms with E-state index in [4.69, 9.17) is 4.74 Å². The summed E-state index contributed by atoms with van der Waals surface area (Å²) in [5.41, 5.74) is 2.77. The molecule has 0 bridgehead atoms. The van der Waals surface area contributed by atoms with E-state index >= 15 is 0 Å². The van der Waals surface area contributed by atoms with E-state index < -0.39 is 11.8 Å². The number of hydrogen-bond acceptors (Lipinski definition) is 6. The highest BCUT2D eigenvalue weighted by molar-refractivity contribution is 6.36. The number of nitrogens with zero attached hydrogens (tertiary/aromatic N) is 1. The number of nitrogens with one attached hydrogen (secondary N) is 3.